The number of sulfonamides is 1. The van der Waals surface area contributed by atoms with Gasteiger partial charge in [-0.3, -0.25) is 4.72 Å². The SMILES string of the molecule is NCc1ccc(F)cc1S(=O)(=O)Nc1ccc(Br)cc1. The highest BCUT2D eigenvalue weighted by Gasteiger charge is 2.19. The van der Waals surface area contributed by atoms with Crippen LogP contribution in [0.2, 0.25) is 0 Å². The Hall–Kier alpha value is -1.44. The first kappa shape index (κ1) is 15.0. The molecule has 2 rings (SSSR count). The van der Waals surface area contributed by atoms with Crippen molar-refractivity contribution in [2.75, 3.05) is 4.72 Å². The van der Waals surface area contributed by atoms with Crippen molar-refractivity contribution >= 4 is 31.6 Å². The molecule has 2 aromatic rings. The van der Waals surface area contributed by atoms with Gasteiger partial charge in [0, 0.05) is 16.7 Å². The molecule has 0 unspecified atom stereocenters. The number of nitrogens with two attached hydrogens (primary N) is 1. The predicted octanol–water partition coefficient (Wildman–Crippen LogP) is 2.85. The fourth-order valence-electron chi connectivity index (χ4n) is 1.68. The van der Waals surface area contributed by atoms with Crippen molar-refractivity contribution in [3.8, 4) is 0 Å². The second kappa shape index (κ2) is 5.90. The molecule has 0 bridgehead atoms. The van der Waals surface area contributed by atoms with Gasteiger partial charge in [-0.25, -0.2) is 12.8 Å². The second-order valence-corrected chi connectivity index (χ2v) is 6.64. The van der Waals surface area contributed by atoms with E-state index in [1.165, 1.54) is 12.1 Å². The lowest BCUT2D eigenvalue weighted by Crippen LogP contribution is -2.16. The third-order valence-corrected chi connectivity index (χ3v) is 4.63. The van der Waals surface area contributed by atoms with E-state index in [9.17, 15) is 12.8 Å². The Morgan fingerprint density at radius 2 is 1.80 bits per heavy atom. The van der Waals surface area contributed by atoms with Crippen molar-refractivity contribution in [2.45, 2.75) is 11.4 Å². The van der Waals surface area contributed by atoms with Crippen molar-refractivity contribution in [3.05, 3.63) is 58.3 Å². The van der Waals surface area contributed by atoms with Crippen LogP contribution < -0.4 is 10.5 Å². The van der Waals surface area contributed by atoms with Crippen molar-refractivity contribution < 1.29 is 12.8 Å². The zero-order valence-electron chi connectivity index (χ0n) is 10.3. The van der Waals surface area contributed by atoms with Crippen LogP contribution in [0.25, 0.3) is 0 Å². The molecule has 0 aromatic heterocycles. The average molecular weight is 359 g/mol. The van der Waals surface area contributed by atoms with E-state index in [1.807, 2.05) is 0 Å². The zero-order valence-corrected chi connectivity index (χ0v) is 12.7. The Morgan fingerprint density at radius 3 is 2.40 bits per heavy atom. The van der Waals surface area contributed by atoms with Crippen molar-refractivity contribution in [3.63, 3.8) is 0 Å². The van der Waals surface area contributed by atoms with Gasteiger partial charge in [0.1, 0.15) is 5.82 Å². The normalized spacial score (nSPS) is 11.3. The first-order valence-electron chi connectivity index (χ1n) is 5.69. The molecule has 2 aromatic carbocycles. The van der Waals surface area contributed by atoms with Gasteiger partial charge in [0.05, 0.1) is 4.90 Å². The molecule has 0 fully saturated rings. The van der Waals surface area contributed by atoms with E-state index in [1.54, 1.807) is 24.3 Å². The molecule has 0 aliphatic heterocycles. The number of benzene rings is 2. The van der Waals surface area contributed by atoms with Gasteiger partial charge in [-0.1, -0.05) is 22.0 Å². The van der Waals surface area contributed by atoms with Crippen LogP contribution in [0.1, 0.15) is 5.56 Å². The number of halogens is 2. The Kier molecular flexibility index (Phi) is 4.42. The molecule has 20 heavy (non-hydrogen) atoms. The van der Waals surface area contributed by atoms with Crippen LogP contribution in [0.15, 0.2) is 51.8 Å². The fourth-order valence-corrected chi connectivity index (χ4v) is 3.26. The maximum Gasteiger partial charge on any atom is 0.262 e. The third kappa shape index (κ3) is 3.36. The van der Waals surface area contributed by atoms with Crippen molar-refractivity contribution in [1.82, 2.24) is 0 Å². The first-order valence-corrected chi connectivity index (χ1v) is 7.97. The first-order chi connectivity index (χ1) is 9.42. The van der Waals surface area contributed by atoms with E-state index in [0.717, 1.165) is 10.5 Å². The topological polar surface area (TPSA) is 72.2 Å². The van der Waals surface area contributed by atoms with Crippen LogP contribution in [0, 0.1) is 5.82 Å². The molecule has 106 valence electrons. The maximum absolute atomic E-state index is 13.3. The minimum atomic E-state index is -3.88. The van der Waals surface area contributed by atoms with Crippen molar-refractivity contribution in [2.24, 2.45) is 5.73 Å². The lowest BCUT2D eigenvalue weighted by Gasteiger charge is -2.11. The molecule has 0 aliphatic carbocycles. The molecular weight excluding hydrogens is 347 g/mol. The fraction of sp³-hybridized carbons (Fsp3) is 0.0769. The zero-order chi connectivity index (χ0) is 14.8. The molecule has 0 aliphatic rings. The van der Waals surface area contributed by atoms with Gasteiger partial charge < -0.3 is 5.73 Å². The molecule has 3 N–H and O–H groups in total. The van der Waals surface area contributed by atoms with Gasteiger partial charge in [0.2, 0.25) is 0 Å². The number of rotatable bonds is 4. The van der Waals surface area contributed by atoms with E-state index in [2.05, 4.69) is 20.7 Å². The summed E-state index contributed by atoms with van der Waals surface area (Å²) in [6.45, 7) is 0.0108. The molecule has 0 saturated heterocycles. The minimum absolute atomic E-state index is 0.0108. The molecule has 0 heterocycles. The van der Waals surface area contributed by atoms with Crippen LogP contribution >= 0.6 is 15.9 Å². The highest BCUT2D eigenvalue weighted by Crippen LogP contribution is 2.22. The molecule has 7 heteroatoms. The quantitative estimate of drug-likeness (QED) is 0.882. The summed E-state index contributed by atoms with van der Waals surface area (Å²) in [5, 5.41) is 0. The lowest BCUT2D eigenvalue weighted by molar-refractivity contribution is 0.593. The highest BCUT2D eigenvalue weighted by molar-refractivity contribution is 9.10. The molecule has 0 spiro atoms. The van der Waals surface area contributed by atoms with Gasteiger partial charge in [-0.2, -0.15) is 0 Å². The van der Waals surface area contributed by atoms with Crippen LogP contribution in [-0.2, 0) is 16.6 Å². The van der Waals surface area contributed by atoms with Gasteiger partial charge in [0.25, 0.3) is 10.0 Å². The van der Waals surface area contributed by atoms with Gasteiger partial charge in [0.15, 0.2) is 0 Å². The number of nitrogens with one attached hydrogen (secondary N) is 1. The van der Waals surface area contributed by atoms with E-state index < -0.39 is 15.8 Å². The van der Waals surface area contributed by atoms with E-state index >= 15 is 0 Å². The Morgan fingerprint density at radius 1 is 1.15 bits per heavy atom. The largest absolute Gasteiger partial charge is 0.326 e. The smallest absolute Gasteiger partial charge is 0.262 e. The molecule has 0 radical (unpaired) electrons. The van der Waals surface area contributed by atoms with Crippen LogP contribution in [0.3, 0.4) is 0 Å². The average Bonchev–Trinajstić information content (AvgIpc) is 2.41. The summed E-state index contributed by atoms with van der Waals surface area (Å²) in [5.41, 5.74) is 6.24. The van der Waals surface area contributed by atoms with Crippen LogP contribution in [-0.4, -0.2) is 8.42 Å². The summed E-state index contributed by atoms with van der Waals surface area (Å²) in [6.07, 6.45) is 0. The summed E-state index contributed by atoms with van der Waals surface area (Å²) < 4.78 is 41.0. The molecule has 4 nitrogen and oxygen atoms in total. The summed E-state index contributed by atoms with van der Waals surface area (Å²) in [6, 6.07) is 10.1. The van der Waals surface area contributed by atoms with E-state index in [-0.39, 0.29) is 11.4 Å². The van der Waals surface area contributed by atoms with Gasteiger partial charge in [-0.15, -0.1) is 0 Å². The Bertz CT molecular complexity index is 718. The van der Waals surface area contributed by atoms with Crippen LogP contribution in [0.4, 0.5) is 10.1 Å². The molecule has 0 saturated carbocycles. The monoisotopic (exact) mass is 358 g/mol. The Labute approximate surface area is 125 Å². The summed E-state index contributed by atoms with van der Waals surface area (Å²) in [5.74, 6) is -0.626. The minimum Gasteiger partial charge on any atom is -0.326 e. The number of hydrogen-bond acceptors (Lipinski definition) is 3. The number of hydrogen-bond donors (Lipinski definition) is 2. The third-order valence-electron chi connectivity index (χ3n) is 2.64. The summed E-state index contributed by atoms with van der Waals surface area (Å²) in [7, 11) is -3.88. The highest BCUT2D eigenvalue weighted by atomic mass is 79.9. The Balaban J connectivity index is 2.40. The molecule has 0 amide bonds. The second-order valence-electron chi connectivity index (χ2n) is 4.07. The molecule has 0 atom stereocenters. The lowest BCUT2D eigenvalue weighted by atomic mass is 10.2. The van der Waals surface area contributed by atoms with E-state index in [0.29, 0.717) is 11.3 Å². The number of anilines is 1. The summed E-state index contributed by atoms with van der Waals surface area (Å²) in [4.78, 5) is -0.150. The van der Waals surface area contributed by atoms with Gasteiger partial charge in [-0.05, 0) is 42.0 Å². The maximum atomic E-state index is 13.3. The predicted molar refractivity (Wildman–Crippen MR) is 79.2 cm³/mol. The van der Waals surface area contributed by atoms with Gasteiger partial charge >= 0.3 is 0 Å². The van der Waals surface area contributed by atoms with Crippen LogP contribution in [0.5, 0.6) is 0 Å². The van der Waals surface area contributed by atoms with E-state index in [4.69, 9.17) is 5.73 Å². The standard InChI is InChI=1S/C13H12BrFN2O2S/c14-10-2-5-12(6-3-10)17-20(18,19)13-7-11(15)4-1-9(13)8-16/h1-7,17H,8,16H2. The summed E-state index contributed by atoms with van der Waals surface area (Å²) >= 11 is 3.26. The van der Waals surface area contributed by atoms with Crippen molar-refractivity contribution in [1.29, 1.82) is 0 Å². The molecular formula is C13H12BrFN2O2S.